The molecule has 2 atom stereocenters. The lowest BCUT2D eigenvalue weighted by atomic mass is 10.0. The number of thiocarbonyl (C=S) groups is 1. The first-order valence-corrected chi connectivity index (χ1v) is 11.9. The molecule has 6 nitrogen and oxygen atoms in total. The van der Waals surface area contributed by atoms with Gasteiger partial charge in [0, 0.05) is 35.1 Å². The molecule has 0 saturated carbocycles. The van der Waals surface area contributed by atoms with Crippen molar-refractivity contribution in [2.24, 2.45) is 0 Å². The van der Waals surface area contributed by atoms with E-state index in [0.717, 1.165) is 34.0 Å². The molecule has 35 heavy (non-hydrogen) atoms. The van der Waals surface area contributed by atoms with Crippen molar-refractivity contribution in [3.05, 3.63) is 101 Å². The van der Waals surface area contributed by atoms with Crippen molar-refractivity contribution >= 4 is 46.2 Å². The Balaban J connectivity index is 1.55. The zero-order chi connectivity index (χ0) is 24.5. The van der Waals surface area contributed by atoms with Gasteiger partial charge in [-0.2, -0.15) is 0 Å². The molecule has 1 saturated heterocycles. The minimum absolute atomic E-state index is 0.122. The summed E-state index contributed by atoms with van der Waals surface area (Å²) in [5.41, 5.74) is 4.36. The van der Waals surface area contributed by atoms with Crippen LogP contribution in [0, 0.1) is 6.92 Å². The van der Waals surface area contributed by atoms with E-state index in [2.05, 4.69) is 15.6 Å². The van der Waals surface area contributed by atoms with Crippen LogP contribution in [0.25, 0.3) is 11.3 Å². The van der Waals surface area contributed by atoms with Crippen molar-refractivity contribution in [3.63, 3.8) is 0 Å². The smallest absolute Gasteiger partial charge is 0.221 e. The van der Waals surface area contributed by atoms with Gasteiger partial charge in [-0.15, -0.1) is 0 Å². The second-order valence-corrected chi connectivity index (χ2v) is 9.18. The number of aryl methyl sites for hydroxylation is 1. The highest BCUT2D eigenvalue weighted by molar-refractivity contribution is 7.80. The molecule has 0 bridgehead atoms. The molecule has 0 aliphatic carbocycles. The van der Waals surface area contributed by atoms with Crippen LogP contribution in [0.5, 0.6) is 0 Å². The standard InChI is InChI=1S/C27H23ClN4O2S/c1-16-6-7-18(15-21(16)28)23-12-13-24(34-23)26-25(22-5-3-4-14-29-22)31-27(35)32(26)20-10-8-19(9-11-20)30-17(2)33/h3-15,25-26H,1-2H3,(H,30,33)(H,31,35)/t25-,26+/m1/s1. The molecule has 1 amide bonds. The van der Waals surface area contributed by atoms with Crippen LogP contribution >= 0.6 is 23.8 Å². The fourth-order valence-corrected chi connectivity index (χ4v) is 4.77. The highest BCUT2D eigenvalue weighted by atomic mass is 35.5. The molecule has 1 fully saturated rings. The molecule has 1 aliphatic heterocycles. The predicted molar refractivity (Wildman–Crippen MR) is 143 cm³/mol. The average molecular weight is 503 g/mol. The number of carbonyl (C=O) groups is 1. The molecular weight excluding hydrogens is 480 g/mol. The molecule has 4 aromatic rings. The summed E-state index contributed by atoms with van der Waals surface area (Å²) in [5.74, 6) is 1.34. The number of nitrogens with zero attached hydrogens (tertiary/aromatic N) is 2. The van der Waals surface area contributed by atoms with Crippen LogP contribution in [0.15, 0.2) is 83.4 Å². The van der Waals surface area contributed by atoms with Crippen LogP contribution in [-0.2, 0) is 4.79 Å². The zero-order valence-electron chi connectivity index (χ0n) is 19.2. The molecule has 2 aromatic heterocycles. The monoisotopic (exact) mass is 502 g/mol. The van der Waals surface area contributed by atoms with Gasteiger partial charge in [-0.3, -0.25) is 9.78 Å². The molecule has 0 radical (unpaired) electrons. The van der Waals surface area contributed by atoms with Gasteiger partial charge in [0.1, 0.15) is 17.6 Å². The van der Waals surface area contributed by atoms with E-state index in [1.165, 1.54) is 6.92 Å². The predicted octanol–water partition coefficient (Wildman–Crippen LogP) is 6.44. The van der Waals surface area contributed by atoms with E-state index in [4.69, 9.17) is 28.2 Å². The number of rotatable bonds is 5. The Morgan fingerprint density at radius 3 is 2.60 bits per heavy atom. The van der Waals surface area contributed by atoms with Crippen LogP contribution in [0.2, 0.25) is 5.02 Å². The molecule has 2 aromatic carbocycles. The van der Waals surface area contributed by atoms with Gasteiger partial charge in [0.25, 0.3) is 0 Å². The highest BCUT2D eigenvalue weighted by Gasteiger charge is 2.42. The number of anilines is 2. The number of benzene rings is 2. The Morgan fingerprint density at radius 1 is 1.11 bits per heavy atom. The summed E-state index contributed by atoms with van der Waals surface area (Å²) in [7, 11) is 0. The first kappa shape index (κ1) is 23.1. The first-order valence-electron chi connectivity index (χ1n) is 11.2. The van der Waals surface area contributed by atoms with Gasteiger partial charge in [-0.25, -0.2) is 0 Å². The van der Waals surface area contributed by atoms with Gasteiger partial charge in [0.05, 0.1) is 11.7 Å². The third-order valence-electron chi connectivity index (χ3n) is 5.94. The van der Waals surface area contributed by atoms with Crippen molar-refractivity contribution in [3.8, 4) is 11.3 Å². The maximum absolute atomic E-state index is 11.4. The SMILES string of the molecule is CC(=O)Nc1ccc(N2C(=S)N[C@H](c3ccccn3)[C@@H]2c2ccc(-c3ccc(C)c(Cl)c3)o2)cc1. The van der Waals surface area contributed by atoms with Crippen LogP contribution in [0.1, 0.15) is 36.0 Å². The van der Waals surface area contributed by atoms with Gasteiger partial charge in [-0.1, -0.05) is 29.8 Å². The van der Waals surface area contributed by atoms with E-state index < -0.39 is 0 Å². The van der Waals surface area contributed by atoms with Crippen LogP contribution in [0.3, 0.4) is 0 Å². The van der Waals surface area contributed by atoms with Crippen LogP contribution < -0.4 is 15.5 Å². The number of halogens is 1. The Morgan fingerprint density at radius 2 is 1.91 bits per heavy atom. The maximum atomic E-state index is 11.4. The van der Waals surface area contributed by atoms with E-state index in [-0.39, 0.29) is 18.0 Å². The Kier molecular flexibility index (Phi) is 6.28. The van der Waals surface area contributed by atoms with E-state index in [1.54, 1.807) is 6.20 Å². The van der Waals surface area contributed by atoms with Gasteiger partial charge in [-0.05, 0) is 79.3 Å². The topological polar surface area (TPSA) is 70.4 Å². The van der Waals surface area contributed by atoms with Gasteiger partial charge >= 0.3 is 0 Å². The lowest BCUT2D eigenvalue weighted by Crippen LogP contribution is -2.29. The van der Waals surface area contributed by atoms with Crippen LogP contribution in [-0.4, -0.2) is 16.0 Å². The van der Waals surface area contributed by atoms with Crippen molar-refractivity contribution in [2.45, 2.75) is 25.9 Å². The highest BCUT2D eigenvalue weighted by Crippen LogP contribution is 2.43. The number of nitrogens with one attached hydrogen (secondary N) is 2. The number of furan rings is 1. The molecule has 0 spiro atoms. The summed E-state index contributed by atoms with van der Waals surface area (Å²) < 4.78 is 6.39. The van der Waals surface area contributed by atoms with E-state index >= 15 is 0 Å². The number of amides is 1. The van der Waals surface area contributed by atoms with Gasteiger partial charge < -0.3 is 20.0 Å². The molecule has 176 valence electrons. The molecule has 0 unspecified atom stereocenters. The summed E-state index contributed by atoms with van der Waals surface area (Å²) in [5, 5.41) is 7.48. The van der Waals surface area contributed by atoms with Crippen molar-refractivity contribution < 1.29 is 9.21 Å². The Bertz CT molecular complexity index is 1390. The molecule has 2 N–H and O–H groups in total. The summed E-state index contributed by atoms with van der Waals surface area (Å²) in [6, 6.07) is 22.7. The van der Waals surface area contributed by atoms with E-state index in [9.17, 15) is 4.79 Å². The Labute approximate surface area is 213 Å². The number of hydrogen-bond acceptors (Lipinski definition) is 4. The fourth-order valence-electron chi connectivity index (χ4n) is 4.24. The zero-order valence-corrected chi connectivity index (χ0v) is 20.7. The van der Waals surface area contributed by atoms with Gasteiger partial charge in [0.15, 0.2) is 5.11 Å². The molecule has 5 rings (SSSR count). The van der Waals surface area contributed by atoms with E-state index in [0.29, 0.717) is 15.8 Å². The molecule has 1 aliphatic rings. The number of pyridine rings is 1. The lowest BCUT2D eigenvalue weighted by molar-refractivity contribution is -0.114. The summed E-state index contributed by atoms with van der Waals surface area (Å²) in [4.78, 5) is 18.0. The van der Waals surface area contributed by atoms with Crippen molar-refractivity contribution in [1.29, 1.82) is 0 Å². The maximum Gasteiger partial charge on any atom is 0.221 e. The summed E-state index contributed by atoms with van der Waals surface area (Å²) in [6.45, 7) is 3.45. The third kappa shape index (κ3) is 4.65. The quantitative estimate of drug-likeness (QED) is 0.306. The lowest BCUT2D eigenvalue weighted by Gasteiger charge is -2.26. The molecule has 8 heteroatoms. The number of aromatic nitrogens is 1. The molecular formula is C27H23ClN4O2S. The first-order chi connectivity index (χ1) is 16.9. The minimum Gasteiger partial charge on any atom is -0.459 e. The van der Waals surface area contributed by atoms with Gasteiger partial charge in [0.2, 0.25) is 5.91 Å². The second-order valence-electron chi connectivity index (χ2n) is 8.39. The largest absolute Gasteiger partial charge is 0.459 e. The minimum atomic E-state index is -0.279. The fraction of sp³-hybridized carbons (Fsp3) is 0.148. The summed E-state index contributed by atoms with van der Waals surface area (Å²) in [6.07, 6.45) is 1.77. The number of hydrogen-bond donors (Lipinski definition) is 2. The number of carbonyl (C=O) groups excluding carboxylic acids is 1. The average Bonchev–Trinajstić information content (AvgIpc) is 3.46. The normalized spacial score (nSPS) is 17.3. The molecule has 3 heterocycles. The second kappa shape index (κ2) is 9.52. The third-order valence-corrected chi connectivity index (χ3v) is 6.66. The van der Waals surface area contributed by atoms with E-state index in [1.807, 2.05) is 84.6 Å². The Hall–Kier alpha value is -3.68. The summed E-state index contributed by atoms with van der Waals surface area (Å²) >= 11 is 12.1. The van der Waals surface area contributed by atoms with Crippen molar-refractivity contribution in [1.82, 2.24) is 10.3 Å². The van der Waals surface area contributed by atoms with Crippen LogP contribution in [0.4, 0.5) is 11.4 Å². The van der Waals surface area contributed by atoms with Crippen molar-refractivity contribution in [2.75, 3.05) is 10.2 Å².